The van der Waals surface area contributed by atoms with E-state index in [-0.39, 0.29) is 13.0 Å². The summed E-state index contributed by atoms with van der Waals surface area (Å²) in [4.78, 5) is 158. The van der Waals surface area contributed by atoms with Crippen LogP contribution in [-0.4, -0.2) is 218 Å². The third kappa shape index (κ3) is 26.5. The van der Waals surface area contributed by atoms with Gasteiger partial charge in [0, 0.05) is 13.0 Å². The monoisotopic (exact) mass is 963 g/mol. The number of unbranched alkanes of at least 4 members (excludes halogenated alkanes) is 1. The highest BCUT2D eigenvalue weighted by molar-refractivity contribution is 5.97. The summed E-state index contributed by atoms with van der Waals surface area (Å²) in [5.41, 5.74) is 0. The van der Waals surface area contributed by atoms with Crippen LogP contribution in [0.4, 0.5) is 0 Å². The molecule has 13 amide bonds. The zero-order chi connectivity index (χ0) is 50.9. The molecule has 0 aliphatic rings. The van der Waals surface area contributed by atoms with Gasteiger partial charge in [0.25, 0.3) is 0 Å². The van der Waals surface area contributed by atoms with Crippen LogP contribution in [-0.2, 0) is 62.3 Å². The van der Waals surface area contributed by atoms with Gasteiger partial charge in [-0.05, 0) is 6.42 Å². The summed E-state index contributed by atoms with van der Waals surface area (Å²) >= 11 is 0. The van der Waals surface area contributed by atoms with Crippen LogP contribution in [0.2, 0.25) is 0 Å². The number of rotatable bonds is 33. The Hall–Kier alpha value is -7.09. The van der Waals surface area contributed by atoms with E-state index in [4.69, 9.17) is 0 Å². The standard InChI is InChI=1S/C36H61N13O18/c1-3-5-6-37-25(56)7-38-26(57)8-41-33(64)20(15-51)48-31(62)13-44-34(65)21(16-52)47-30(61)12-39-27(58)9-42-32(63)19(14-50)46-29(60)11-40-28(59)10-43-35(66)22(17-53)49-36(67)23(18-54)45-24(55)4-2/h19-23,50-54H,3-18H2,1-2H3,(H,37,56)(H,38,57)(H,39,58)(H,40,59)(H,41,64)(H,42,63)(H,43,66)(H,44,65)(H,45,55)(H,46,60)(H,47,61)(H,48,62)(H,49,67)/t19-,20-,21?,22?,23-/m0/s1. The summed E-state index contributed by atoms with van der Waals surface area (Å²) in [6.45, 7) is -5.66. The van der Waals surface area contributed by atoms with E-state index in [0.717, 1.165) is 12.8 Å². The minimum atomic E-state index is -1.65. The van der Waals surface area contributed by atoms with E-state index >= 15 is 0 Å². The van der Waals surface area contributed by atoms with Crippen LogP contribution in [0.3, 0.4) is 0 Å². The van der Waals surface area contributed by atoms with Crippen molar-refractivity contribution in [2.75, 3.05) is 85.4 Å². The van der Waals surface area contributed by atoms with Gasteiger partial charge in [-0.15, -0.1) is 0 Å². The number of hydrogen-bond acceptors (Lipinski definition) is 18. The summed E-state index contributed by atoms with van der Waals surface area (Å²) in [5, 5.41) is 75.4. The van der Waals surface area contributed by atoms with Crippen molar-refractivity contribution in [1.29, 1.82) is 0 Å². The average Bonchev–Trinajstić information content (AvgIpc) is 3.31. The first-order valence-electron chi connectivity index (χ1n) is 20.5. The normalized spacial score (nSPS) is 12.6. The molecule has 31 nitrogen and oxygen atoms in total. The lowest BCUT2D eigenvalue weighted by atomic mass is 10.2. The van der Waals surface area contributed by atoms with E-state index in [1.165, 1.54) is 6.92 Å². The smallest absolute Gasteiger partial charge is 0.245 e. The maximum absolute atomic E-state index is 12.5. The molecule has 0 radical (unpaired) electrons. The lowest BCUT2D eigenvalue weighted by Gasteiger charge is -2.20. The molecule has 5 atom stereocenters. The summed E-state index contributed by atoms with van der Waals surface area (Å²) in [5.74, 6) is -11.9. The molecular formula is C36H61N13O18. The van der Waals surface area contributed by atoms with E-state index in [1.54, 1.807) is 0 Å². The molecule has 67 heavy (non-hydrogen) atoms. The van der Waals surface area contributed by atoms with Gasteiger partial charge in [0.15, 0.2) is 0 Å². The summed E-state index contributed by atoms with van der Waals surface area (Å²) < 4.78 is 0. The number of hydrogen-bond donors (Lipinski definition) is 18. The fourth-order valence-electron chi connectivity index (χ4n) is 4.63. The highest BCUT2D eigenvalue weighted by Gasteiger charge is 2.27. The second-order valence-corrected chi connectivity index (χ2v) is 13.7. The highest BCUT2D eigenvalue weighted by atomic mass is 16.3. The van der Waals surface area contributed by atoms with Gasteiger partial charge in [-0.1, -0.05) is 20.3 Å². The fraction of sp³-hybridized carbons (Fsp3) is 0.639. The Bertz CT molecular complexity index is 1740. The van der Waals surface area contributed by atoms with E-state index in [1.807, 2.05) is 6.92 Å². The van der Waals surface area contributed by atoms with Crippen LogP contribution >= 0.6 is 0 Å². The maximum Gasteiger partial charge on any atom is 0.245 e. The third-order valence-electron chi connectivity index (χ3n) is 8.36. The van der Waals surface area contributed by atoms with Crippen molar-refractivity contribution in [2.24, 2.45) is 0 Å². The Morgan fingerprint density at radius 1 is 0.313 bits per heavy atom. The van der Waals surface area contributed by atoms with Gasteiger partial charge in [-0.2, -0.15) is 0 Å². The van der Waals surface area contributed by atoms with Gasteiger partial charge in [-0.3, -0.25) is 62.3 Å². The van der Waals surface area contributed by atoms with Crippen molar-refractivity contribution in [3.8, 4) is 0 Å². The molecule has 0 fully saturated rings. The third-order valence-corrected chi connectivity index (χ3v) is 8.36. The van der Waals surface area contributed by atoms with Crippen LogP contribution < -0.4 is 69.1 Å². The first-order chi connectivity index (χ1) is 31.8. The highest BCUT2D eigenvalue weighted by Crippen LogP contribution is 1.92. The number of nitrogens with one attached hydrogen (secondary N) is 13. The average molecular weight is 964 g/mol. The predicted octanol–water partition coefficient (Wildman–Crippen LogP) is -12.5. The molecule has 31 heteroatoms. The molecule has 0 aromatic rings. The van der Waals surface area contributed by atoms with Crippen molar-refractivity contribution in [2.45, 2.75) is 63.3 Å². The van der Waals surface area contributed by atoms with Crippen molar-refractivity contribution in [3.05, 3.63) is 0 Å². The number of carbonyl (C=O) groups is 13. The molecule has 0 rings (SSSR count). The predicted molar refractivity (Wildman–Crippen MR) is 224 cm³/mol. The van der Waals surface area contributed by atoms with Gasteiger partial charge >= 0.3 is 0 Å². The molecule has 378 valence electrons. The van der Waals surface area contributed by atoms with Crippen molar-refractivity contribution in [1.82, 2.24) is 69.1 Å². The molecule has 0 saturated carbocycles. The number of carbonyl (C=O) groups excluding carboxylic acids is 13. The molecule has 0 saturated heterocycles. The molecule has 0 heterocycles. The number of amides is 13. The second kappa shape index (κ2) is 34.3. The SMILES string of the molecule is CCCCNC(=O)CNC(=O)CNC(=O)[C@H](CO)NC(=O)CNC(=O)C(CO)NC(=O)CNC(=O)CNC(=O)[C@H](CO)NC(=O)CNC(=O)CNC(=O)C(CO)NC(=O)[C@H](CO)NC(=O)CC. The summed E-state index contributed by atoms with van der Waals surface area (Å²) in [7, 11) is 0. The Morgan fingerprint density at radius 3 is 0.881 bits per heavy atom. The molecule has 0 spiro atoms. The number of aliphatic hydroxyl groups is 5. The van der Waals surface area contributed by atoms with Crippen molar-refractivity contribution < 1.29 is 87.9 Å². The Morgan fingerprint density at radius 2 is 0.567 bits per heavy atom. The van der Waals surface area contributed by atoms with E-state index in [2.05, 4.69) is 69.1 Å². The Labute approximate surface area is 382 Å². The lowest BCUT2D eigenvalue weighted by Crippen LogP contribution is -2.56. The Kier molecular flexibility index (Phi) is 30.7. The van der Waals surface area contributed by atoms with Gasteiger partial charge < -0.3 is 94.7 Å². The van der Waals surface area contributed by atoms with Crippen LogP contribution in [0, 0.1) is 0 Å². The molecule has 0 aliphatic carbocycles. The molecule has 2 unspecified atom stereocenters. The van der Waals surface area contributed by atoms with Crippen LogP contribution in [0.5, 0.6) is 0 Å². The molecule has 0 aliphatic heterocycles. The van der Waals surface area contributed by atoms with E-state index in [9.17, 15) is 87.9 Å². The second-order valence-electron chi connectivity index (χ2n) is 13.7. The number of aliphatic hydroxyl groups excluding tert-OH is 5. The van der Waals surface area contributed by atoms with E-state index in [0.29, 0.717) is 6.54 Å². The fourth-order valence-corrected chi connectivity index (χ4v) is 4.63. The minimum Gasteiger partial charge on any atom is -0.394 e. The molecule has 0 aromatic heterocycles. The minimum absolute atomic E-state index is 0.00498. The van der Waals surface area contributed by atoms with Crippen LogP contribution in [0.15, 0.2) is 0 Å². The quantitative estimate of drug-likeness (QED) is 0.0272. The lowest BCUT2D eigenvalue weighted by molar-refractivity contribution is -0.134. The largest absolute Gasteiger partial charge is 0.394 e. The molecule has 0 aromatic carbocycles. The zero-order valence-corrected chi connectivity index (χ0v) is 36.7. The molecular weight excluding hydrogens is 902 g/mol. The topological polar surface area (TPSA) is 479 Å². The summed E-state index contributed by atoms with van der Waals surface area (Å²) in [6.07, 6.45) is 1.60. The molecule has 18 N–H and O–H groups in total. The van der Waals surface area contributed by atoms with Crippen molar-refractivity contribution >= 4 is 76.8 Å². The Balaban J connectivity index is 4.68. The van der Waals surface area contributed by atoms with Gasteiger partial charge in [0.1, 0.15) is 30.2 Å². The van der Waals surface area contributed by atoms with Gasteiger partial charge in [-0.25, -0.2) is 0 Å². The van der Waals surface area contributed by atoms with Gasteiger partial charge in [0.05, 0.1) is 78.8 Å². The van der Waals surface area contributed by atoms with Crippen LogP contribution in [0.1, 0.15) is 33.1 Å². The first-order valence-corrected chi connectivity index (χ1v) is 20.5. The molecule has 0 bridgehead atoms. The zero-order valence-electron chi connectivity index (χ0n) is 36.7. The van der Waals surface area contributed by atoms with Crippen molar-refractivity contribution in [3.63, 3.8) is 0 Å². The van der Waals surface area contributed by atoms with E-state index < -0.39 is 179 Å². The summed E-state index contributed by atoms with van der Waals surface area (Å²) in [6, 6.07) is -7.87. The van der Waals surface area contributed by atoms with Gasteiger partial charge in [0.2, 0.25) is 76.8 Å². The first kappa shape index (κ1) is 59.9. The van der Waals surface area contributed by atoms with Crippen LogP contribution in [0.25, 0.3) is 0 Å². The maximum atomic E-state index is 12.5.